The lowest BCUT2D eigenvalue weighted by atomic mass is 10.2. The minimum atomic E-state index is 0.0868. The van der Waals surface area contributed by atoms with Crippen molar-refractivity contribution in [2.45, 2.75) is 67.1 Å². The second-order valence-electron chi connectivity index (χ2n) is 2.03. The highest BCUT2D eigenvalue weighted by atomic mass is 16.7. The summed E-state index contributed by atoms with van der Waals surface area (Å²) in [5.41, 5.74) is 0. The largest absolute Gasteiger partial charge is 0.356 e. The van der Waals surface area contributed by atoms with Crippen molar-refractivity contribution in [3.63, 3.8) is 0 Å². The number of hydrogen-bond acceptors (Lipinski definition) is 3. The number of ether oxygens (including phenoxy) is 2. The minimum Gasteiger partial charge on any atom is -0.356 e. The van der Waals surface area contributed by atoms with E-state index in [-0.39, 0.29) is 6.29 Å². The van der Waals surface area contributed by atoms with Gasteiger partial charge in [-0.15, -0.1) is 0 Å². The van der Waals surface area contributed by atoms with Crippen molar-refractivity contribution in [1.29, 1.82) is 0 Å². The normalized spacial score (nSPS) is 16.6. The lowest BCUT2D eigenvalue weighted by Crippen LogP contribution is -2.20. The van der Waals surface area contributed by atoms with Gasteiger partial charge in [-0.3, -0.25) is 0 Å². The molecule has 0 aliphatic carbocycles. The number of rotatable bonds is 1. The molecule has 0 aromatic heterocycles. The SMILES string of the molecule is C=O.CC.CC.CC.COC1CCCCO1. The number of methoxy groups -OCH3 is 1. The molecule has 1 aliphatic heterocycles. The van der Waals surface area contributed by atoms with Crippen LogP contribution in [-0.4, -0.2) is 26.8 Å². The van der Waals surface area contributed by atoms with Crippen LogP contribution >= 0.6 is 0 Å². The molecule has 0 saturated carbocycles. The van der Waals surface area contributed by atoms with Crippen molar-refractivity contribution in [1.82, 2.24) is 0 Å². The van der Waals surface area contributed by atoms with Gasteiger partial charge in [-0.25, -0.2) is 0 Å². The fraction of sp³-hybridized carbons (Fsp3) is 0.923. The van der Waals surface area contributed by atoms with Crippen LogP contribution in [0.2, 0.25) is 0 Å². The maximum Gasteiger partial charge on any atom is 0.157 e. The average molecular weight is 236 g/mol. The summed E-state index contributed by atoms with van der Waals surface area (Å²) in [6, 6.07) is 0. The molecule has 0 radical (unpaired) electrons. The van der Waals surface area contributed by atoms with Gasteiger partial charge in [-0.1, -0.05) is 41.5 Å². The highest BCUT2D eigenvalue weighted by molar-refractivity contribution is 5.10. The Morgan fingerprint density at radius 3 is 1.62 bits per heavy atom. The second kappa shape index (κ2) is 36.5. The van der Waals surface area contributed by atoms with Crippen molar-refractivity contribution >= 4 is 6.79 Å². The van der Waals surface area contributed by atoms with E-state index in [0.29, 0.717) is 0 Å². The van der Waals surface area contributed by atoms with Gasteiger partial charge in [-0.2, -0.15) is 0 Å². The zero-order valence-corrected chi connectivity index (χ0v) is 12.3. The van der Waals surface area contributed by atoms with Gasteiger partial charge in [0.2, 0.25) is 0 Å². The van der Waals surface area contributed by atoms with E-state index >= 15 is 0 Å². The van der Waals surface area contributed by atoms with E-state index in [1.165, 1.54) is 12.8 Å². The molecular formula is C13H32O3. The van der Waals surface area contributed by atoms with E-state index in [0.717, 1.165) is 13.0 Å². The zero-order valence-electron chi connectivity index (χ0n) is 12.3. The Labute approximate surface area is 103 Å². The van der Waals surface area contributed by atoms with Gasteiger partial charge in [0.05, 0.1) is 0 Å². The fourth-order valence-electron chi connectivity index (χ4n) is 0.897. The maximum atomic E-state index is 8.00. The molecule has 1 unspecified atom stereocenters. The molecule has 0 aromatic carbocycles. The molecule has 1 aliphatic rings. The lowest BCUT2D eigenvalue weighted by Gasteiger charge is -2.20. The van der Waals surface area contributed by atoms with Crippen LogP contribution in [0.4, 0.5) is 0 Å². The fourth-order valence-corrected chi connectivity index (χ4v) is 0.897. The Balaban J connectivity index is -0.0000000771. The number of hydrogen-bond donors (Lipinski definition) is 0. The van der Waals surface area contributed by atoms with Gasteiger partial charge < -0.3 is 14.3 Å². The molecule has 0 spiro atoms. The van der Waals surface area contributed by atoms with Crippen LogP contribution in [0.5, 0.6) is 0 Å². The Kier molecular flexibility index (Phi) is 56.4. The Morgan fingerprint density at radius 1 is 1.00 bits per heavy atom. The highest BCUT2D eigenvalue weighted by Gasteiger charge is 2.10. The van der Waals surface area contributed by atoms with E-state index in [2.05, 4.69) is 0 Å². The molecule has 3 nitrogen and oxygen atoms in total. The van der Waals surface area contributed by atoms with E-state index < -0.39 is 0 Å². The molecule has 1 fully saturated rings. The molecule has 102 valence electrons. The molecule has 0 N–H and O–H groups in total. The van der Waals surface area contributed by atoms with E-state index in [4.69, 9.17) is 14.3 Å². The lowest BCUT2D eigenvalue weighted by molar-refractivity contribution is -0.145. The second-order valence-corrected chi connectivity index (χ2v) is 2.03. The van der Waals surface area contributed by atoms with Crippen molar-refractivity contribution in [2.24, 2.45) is 0 Å². The molecule has 0 aromatic rings. The standard InChI is InChI=1S/C6H12O2.3C2H6.CH2O/c1-7-6-4-2-3-5-8-6;4*1-2/h6H,2-5H2,1H3;3*1-2H3;1H2. The van der Waals surface area contributed by atoms with Crippen molar-refractivity contribution in [3.05, 3.63) is 0 Å². The van der Waals surface area contributed by atoms with Crippen molar-refractivity contribution in [3.8, 4) is 0 Å². The van der Waals surface area contributed by atoms with E-state index in [1.54, 1.807) is 7.11 Å². The predicted octanol–water partition coefficient (Wildman–Crippen LogP) is 4.05. The first-order valence-electron chi connectivity index (χ1n) is 6.37. The molecule has 1 saturated heterocycles. The third-order valence-electron chi connectivity index (χ3n) is 1.40. The average Bonchev–Trinajstić information content (AvgIpc) is 2.48. The van der Waals surface area contributed by atoms with Gasteiger partial charge in [0.15, 0.2) is 6.29 Å². The van der Waals surface area contributed by atoms with Crippen molar-refractivity contribution in [2.75, 3.05) is 13.7 Å². The van der Waals surface area contributed by atoms with Gasteiger partial charge in [0.1, 0.15) is 6.79 Å². The number of carbonyl (C=O) groups excluding carboxylic acids is 1. The molecule has 1 heterocycles. The molecule has 1 atom stereocenters. The monoisotopic (exact) mass is 236 g/mol. The molecule has 1 rings (SSSR count). The van der Waals surface area contributed by atoms with Crippen LogP contribution in [0.1, 0.15) is 60.8 Å². The summed E-state index contributed by atoms with van der Waals surface area (Å²) in [7, 11) is 1.69. The summed E-state index contributed by atoms with van der Waals surface area (Å²) in [5, 5.41) is 0. The van der Waals surface area contributed by atoms with Crippen LogP contribution in [0, 0.1) is 0 Å². The summed E-state index contributed by atoms with van der Waals surface area (Å²) in [4.78, 5) is 8.00. The van der Waals surface area contributed by atoms with Crippen LogP contribution in [0.25, 0.3) is 0 Å². The summed E-state index contributed by atoms with van der Waals surface area (Å²) in [6.07, 6.45) is 3.60. The van der Waals surface area contributed by atoms with Crippen LogP contribution in [-0.2, 0) is 14.3 Å². The minimum absolute atomic E-state index is 0.0868. The van der Waals surface area contributed by atoms with E-state index in [9.17, 15) is 0 Å². The van der Waals surface area contributed by atoms with Crippen LogP contribution in [0.15, 0.2) is 0 Å². The zero-order chi connectivity index (χ0) is 13.8. The van der Waals surface area contributed by atoms with Gasteiger partial charge in [-0.05, 0) is 19.3 Å². The Hall–Kier alpha value is -0.410. The van der Waals surface area contributed by atoms with Gasteiger partial charge in [0, 0.05) is 13.7 Å². The topological polar surface area (TPSA) is 35.5 Å². The van der Waals surface area contributed by atoms with E-state index in [1.807, 2.05) is 48.3 Å². The first-order valence-corrected chi connectivity index (χ1v) is 6.37. The third-order valence-corrected chi connectivity index (χ3v) is 1.40. The van der Waals surface area contributed by atoms with Crippen LogP contribution in [0.3, 0.4) is 0 Å². The molecule has 16 heavy (non-hydrogen) atoms. The highest BCUT2D eigenvalue weighted by Crippen LogP contribution is 2.11. The molecule has 3 heteroatoms. The first kappa shape index (κ1) is 24.7. The Morgan fingerprint density at radius 2 is 1.44 bits per heavy atom. The van der Waals surface area contributed by atoms with Crippen LogP contribution < -0.4 is 0 Å². The molecule has 0 amide bonds. The Bertz CT molecular complexity index is 71.6. The first-order chi connectivity index (χ1) is 7.93. The summed E-state index contributed by atoms with van der Waals surface area (Å²) >= 11 is 0. The molecule has 0 bridgehead atoms. The maximum absolute atomic E-state index is 8.00. The van der Waals surface area contributed by atoms with Gasteiger partial charge >= 0.3 is 0 Å². The number of carbonyl (C=O) groups is 1. The van der Waals surface area contributed by atoms with Crippen molar-refractivity contribution < 1.29 is 14.3 Å². The summed E-state index contributed by atoms with van der Waals surface area (Å²) in [6.45, 7) is 14.9. The smallest absolute Gasteiger partial charge is 0.157 e. The quantitative estimate of drug-likeness (QED) is 0.689. The van der Waals surface area contributed by atoms with Gasteiger partial charge in [0.25, 0.3) is 0 Å². The predicted molar refractivity (Wildman–Crippen MR) is 71.8 cm³/mol. The third kappa shape index (κ3) is 23.4. The molecular weight excluding hydrogens is 204 g/mol. The summed E-state index contributed by atoms with van der Waals surface area (Å²) < 4.78 is 10.2. The summed E-state index contributed by atoms with van der Waals surface area (Å²) in [5.74, 6) is 0.